The molecular weight excluding hydrogens is 591 g/mol. The third kappa shape index (κ3) is 4.74. The highest BCUT2D eigenvalue weighted by molar-refractivity contribution is 7.16. The average Bonchev–Trinajstić information content (AvgIpc) is 3.50. The number of aromatic nitrogens is 2. The Kier molecular flexibility index (Phi) is 6.54. The Morgan fingerprint density at radius 3 is 2.49 bits per heavy atom. The van der Waals surface area contributed by atoms with Crippen molar-refractivity contribution in [1.82, 2.24) is 14.9 Å². The number of hydrogen-bond donors (Lipinski definition) is 2. The number of pyridine rings is 1. The van der Waals surface area contributed by atoms with Gasteiger partial charge in [-0.2, -0.15) is 5.26 Å². The maximum absolute atomic E-state index is 13.6. The Hall–Kier alpha value is -4.11. The molecule has 1 aliphatic carbocycles. The lowest BCUT2D eigenvalue weighted by atomic mass is 9.72. The summed E-state index contributed by atoms with van der Waals surface area (Å²) < 4.78 is 13.6. The summed E-state index contributed by atoms with van der Waals surface area (Å²) in [6, 6.07) is 12.5. The van der Waals surface area contributed by atoms with Crippen LogP contribution in [0.1, 0.15) is 48.9 Å². The Labute approximate surface area is 265 Å². The number of carbonyl (C=O) groups is 1. The molecule has 2 N–H and O–H groups in total. The van der Waals surface area contributed by atoms with Crippen molar-refractivity contribution in [2.24, 2.45) is 5.41 Å². The summed E-state index contributed by atoms with van der Waals surface area (Å²) in [7, 11) is 1.93. The van der Waals surface area contributed by atoms with Crippen LogP contribution in [0, 0.1) is 29.5 Å². The molecule has 2 aromatic heterocycles. The molecule has 2 aromatic carbocycles. The number of rotatable bonds is 5. The number of amides is 1. The molecule has 11 heteroatoms. The lowest BCUT2D eigenvalue weighted by Crippen LogP contribution is -2.74. The molecule has 45 heavy (non-hydrogen) atoms. The highest BCUT2D eigenvalue weighted by Gasteiger charge is 2.54. The van der Waals surface area contributed by atoms with E-state index in [1.165, 1.54) is 37.3 Å². The van der Waals surface area contributed by atoms with E-state index in [0.29, 0.717) is 52.9 Å². The van der Waals surface area contributed by atoms with Crippen molar-refractivity contribution in [2.45, 2.75) is 51.7 Å². The van der Waals surface area contributed by atoms with E-state index in [1.807, 2.05) is 18.9 Å². The van der Waals surface area contributed by atoms with Crippen LogP contribution in [-0.2, 0) is 16.8 Å². The summed E-state index contributed by atoms with van der Waals surface area (Å²) >= 11 is 1.28. The molecule has 2 saturated heterocycles. The summed E-state index contributed by atoms with van der Waals surface area (Å²) in [5, 5.41) is 33.0. The fraction of sp³-hybridized carbons (Fsp3) is 0.412. The highest BCUT2D eigenvalue weighted by atomic mass is 32.1. The molecule has 9 nitrogen and oxygen atoms in total. The van der Waals surface area contributed by atoms with Crippen LogP contribution in [0.4, 0.5) is 20.9 Å². The predicted molar refractivity (Wildman–Crippen MR) is 172 cm³/mol. The Morgan fingerprint density at radius 1 is 1.16 bits per heavy atom. The molecule has 1 amide bonds. The van der Waals surface area contributed by atoms with Crippen molar-refractivity contribution >= 4 is 44.7 Å². The van der Waals surface area contributed by atoms with Crippen molar-refractivity contribution in [1.29, 1.82) is 5.26 Å². The van der Waals surface area contributed by atoms with E-state index in [-0.39, 0.29) is 17.1 Å². The predicted octanol–water partition coefficient (Wildman–Crippen LogP) is 5.02. The zero-order valence-corrected chi connectivity index (χ0v) is 26.8. The number of anilines is 3. The van der Waals surface area contributed by atoms with Gasteiger partial charge in [-0.15, -0.1) is 0 Å². The van der Waals surface area contributed by atoms with Crippen LogP contribution in [0.25, 0.3) is 22.2 Å². The minimum absolute atomic E-state index is 0.0314. The number of nitriles is 1. The number of nitrogens with zero attached hydrogens (tertiary/aromatic N) is 6. The van der Waals surface area contributed by atoms with Crippen LogP contribution in [0.5, 0.6) is 0 Å². The van der Waals surface area contributed by atoms with Gasteiger partial charge in [0.05, 0.1) is 16.9 Å². The number of hydrogen-bond acceptors (Lipinski definition) is 9. The van der Waals surface area contributed by atoms with E-state index in [2.05, 4.69) is 23.1 Å². The fourth-order valence-electron chi connectivity index (χ4n) is 7.15. The molecule has 2 aliphatic heterocycles. The lowest BCUT2D eigenvalue weighted by molar-refractivity contribution is -0.162. The second-order valence-corrected chi connectivity index (χ2v) is 14.6. The number of thiazole rings is 1. The van der Waals surface area contributed by atoms with E-state index in [4.69, 9.17) is 9.97 Å². The summed E-state index contributed by atoms with van der Waals surface area (Å²) in [5.74, 6) is -0.590. The first kappa shape index (κ1) is 29.6. The standard InChI is InChI=1S/C34H35FN6O3S/c1-19-12-22(40-15-34(16-40)17-41(18-34)30(42)32(2,3)43)13-24-26(19)37-29-23(10-11-33(29,4)44)28(24)39(5)31-38-27(25(14-36)45-31)20-6-8-21(35)9-7-20/h6-9,12-13,43-44H,10-11,15-18H2,1-5H3. The summed E-state index contributed by atoms with van der Waals surface area (Å²) in [5.41, 5.74) is 4.15. The first-order chi connectivity index (χ1) is 21.2. The molecule has 0 bridgehead atoms. The second kappa shape index (κ2) is 9.94. The molecule has 1 spiro atoms. The number of aliphatic hydroxyl groups is 2. The number of fused-ring (bicyclic) bond motifs is 2. The average molecular weight is 627 g/mol. The minimum atomic E-state index is -1.37. The van der Waals surface area contributed by atoms with Gasteiger partial charge in [-0.1, -0.05) is 11.3 Å². The molecule has 7 rings (SSSR count). The van der Waals surface area contributed by atoms with Crippen LogP contribution in [-0.4, -0.2) is 69.8 Å². The zero-order chi connectivity index (χ0) is 32.1. The van der Waals surface area contributed by atoms with Crippen molar-refractivity contribution in [2.75, 3.05) is 43.0 Å². The SMILES string of the molecule is Cc1cc(N2CC3(CN(C(=O)C(C)(C)O)C3)C2)cc2c(N(C)c3nc(-c4ccc(F)cc4)c(C#N)s3)c3c(nc12)C(C)(O)CC3. The summed E-state index contributed by atoms with van der Waals surface area (Å²) in [6.07, 6.45) is 1.20. The van der Waals surface area contributed by atoms with E-state index < -0.39 is 11.2 Å². The third-order valence-corrected chi connectivity index (χ3v) is 10.5. The maximum atomic E-state index is 13.6. The van der Waals surface area contributed by atoms with Gasteiger partial charge in [0.15, 0.2) is 5.13 Å². The molecular formula is C34H35FN6O3S. The Morgan fingerprint density at radius 2 is 1.84 bits per heavy atom. The van der Waals surface area contributed by atoms with Crippen molar-refractivity contribution in [3.63, 3.8) is 0 Å². The first-order valence-corrected chi connectivity index (χ1v) is 15.9. The van der Waals surface area contributed by atoms with Gasteiger partial charge in [-0.05, 0) is 82.5 Å². The van der Waals surface area contributed by atoms with E-state index in [1.54, 1.807) is 24.0 Å². The maximum Gasteiger partial charge on any atom is 0.253 e. The van der Waals surface area contributed by atoms with Crippen LogP contribution >= 0.6 is 11.3 Å². The van der Waals surface area contributed by atoms with Gasteiger partial charge in [0.25, 0.3) is 5.91 Å². The normalized spacial score (nSPS) is 20.2. The van der Waals surface area contributed by atoms with Crippen molar-refractivity contribution in [3.8, 4) is 17.3 Å². The Balaban J connectivity index is 1.27. The van der Waals surface area contributed by atoms with Crippen molar-refractivity contribution < 1.29 is 19.4 Å². The molecule has 1 atom stereocenters. The topological polar surface area (TPSA) is 117 Å². The van der Waals surface area contributed by atoms with Gasteiger partial charge in [-0.25, -0.2) is 14.4 Å². The van der Waals surface area contributed by atoms with Crippen molar-refractivity contribution in [3.05, 3.63) is 63.9 Å². The largest absolute Gasteiger partial charge is 0.384 e. The fourth-order valence-corrected chi connectivity index (χ4v) is 8.00. The van der Waals surface area contributed by atoms with Crippen LogP contribution in [0.3, 0.4) is 0 Å². The lowest BCUT2D eigenvalue weighted by Gasteiger charge is -2.61. The number of likely N-dealkylation sites (tertiary alicyclic amines) is 1. The summed E-state index contributed by atoms with van der Waals surface area (Å²) in [6.45, 7) is 9.79. The van der Waals surface area contributed by atoms with Gasteiger partial charge in [0.2, 0.25) is 0 Å². The molecule has 232 valence electrons. The molecule has 4 heterocycles. The summed E-state index contributed by atoms with van der Waals surface area (Å²) in [4.78, 5) is 28.9. The molecule has 0 saturated carbocycles. The molecule has 0 radical (unpaired) electrons. The smallest absolute Gasteiger partial charge is 0.253 e. The van der Waals surface area contributed by atoms with E-state index in [9.17, 15) is 24.7 Å². The third-order valence-electron chi connectivity index (χ3n) is 9.45. The van der Waals surface area contributed by atoms with Crippen LogP contribution in [0.2, 0.25) is 0 Å². The quantitative estimate of drug-likeness (QED) is 0.317. The number of aryl methyl sites for hydroxylation is 1. The van der Waals surface area contributed by atoms with Crippen LogP contribution < -0.4 is 9.80 Å². The van der Waals surface area contributed by atoms with Gasteiger partial charge in [0, 0.05) is 60.8 Å². The zero-order valence-electron chi connectivity index (χ0n) is 26.0. The highest BCUT2D eigenvalue weighted by Crippen LogP contribution is 2.49. The van der Waals surface area contributed by atoms with Crippen LogP contribution in [0.15, 0.2) is 36.4 Å². The van der Waals surface area contributed by atoms with E-state index >= 15 is 0 Å². The van der Waals surface area contributed by atoms with E-state index in [0.717, 1.165) is 46.5 Å². The second-order valence-electron chi connectivity index (χ2n) is 13.6. The van der Waals surface area contributed by atoms with Gasteiger partial charge in [0.1, 0.15) is 33.7 Å². The molecule has 3 aliphatic rings. The Bertz CT molecular complexity index is 1910. The van der Waals surface area contributed by atoms with Gasteiger partial charge in [-0.3, -0.25) is 4.79 Å². The molecule has 4 aromatic rings. The number of halogens is 1. The molecule has 1 unspecified atom stereocenters. The monoisotopic (exact) mass is 626 g/mol. The first-order valence-electron chi connectivity index (χ1n) is 15.1. The molecule has 2 fully saturated rings. The van der Waals surface area contributed by atoms with Gasteiger partial charge < -0.3 is 24.9 Å². The number of benzene rings is 2. The van der Waals surface area contributed by atoms with Gasteiger partial charge >= 0.3 is 0 Å². The number of carbonyl (C=O) groups excluding carboxylic acids is 1. The minimum Gasteiger partial charge on any atom is -0.384 e.